The molecule has 0 N–H and O–H groups in total. The molecule has 0 saturated carbocycles. The number of benzene rings is 2. The first-order chi connectivity index (χ1) is 15.8. The molecule has 0 amide bonds. The lowest BCUT2D eigenvalue weighted by atomic mass is 10.1. The lowest BCUT2D eigenvalue weighted by Crippen LogP contribution is -2.27. The molecular weight excluding hydrogens is 454 g/mol. The highest BCUT2D eigenvalue weighted by Gasteiger charge is 2.27. The second-order valence-electron chi connectivity index (χ2n) is 8.63. The van der Waals surface area contributed by atoms with E-state index in [-0.39, 0.29) is 0 Å². The molecule has 4 rings (SSSR count). The van der Waals surface area contributed by atoms with Crippen molar-refractivity contribution in [3.8, 4) is 11.4 Å². The minimum Gasteiger partial charge on any atom is -0.300 e. The van der Waals surface area contributed by atoms with Gasteiger partial charge >= 0.3 is 0 Å². The molecule has 1 aliphatic rings. The van der Waals surface area contributed by atoms with Crippen molar-refractivity contribution in [2.75, 3.05) is 20.1 Å². The van der Waals surface area contributed by atoms with Crippen LogP contribution in [0.2, 0.25) is 0 Å². The molecule has 0 unspecified atom stereocenters. The zero-order valence-electron chi connectivity index (χ0n) is 19.4. The maximum atomic E-state index is 13.1. The Bertz CT molecular complexity index is 1270. The van der Waals surface area contributed by atoms with E-state index in [1.54, 1.807) is 22.5 Å². The van der Waals surface area contributed by atoms with E-state index in [0.29, 0.717) is 41.8 Å². The Morgan fingerprint density at radius 1 is 1.09 bits per heavy atom. The Labute approximate surface area is 201 Å². The Morgan fingerprint density at radius 3 is 2.45 bits per heavy atom. The summed E-state index contributed by atoms with van der Waals surface area (Å²) >= 11 is 5.72. The monoisotopic (exact) mass is 485 g/mol. The summed E-state index contributed by atoms with van der Waals surface area (Å²) < 4.78 is 32.1. The van der Waals surface area contributed by atoms with E-state index >= 15 is 0 Å². The molecular formula is C24H31N5O2S2. The number of nitrogens with zero attached hydrogens (tertiary/aromatic N) is 5. The van der Waals surface area contributed by atoms with Gasteiger partial charge in [0.15, 0.2) is 10.6 Å². The van der Waals surface area contributed by atoms with Gasteiger partial charge < -0.3 is 4.57 Å². The second-order valence-corrected chi connectivity index (χ2v) is 10.9. The molecule has 7 nitrogen and oxygen atoms in total. The van der Waals surface area contributed by atoms with Crippen LogP contribution in [0.25, 0.3) is 11.4 Å². The third kappa shape index (κ3) is 5.11. The Kier molecular flexibility index (Phi) is 7.13. The highest BCUT2D eigenvalue weighted by molar-refractivity contribution is 7.89. The van der Waals surface area contributed by atoms with Crippen LogP contribution in [0.5, 0.6) is 0 Å². The van der Waals surface area contributed by atoms with Crippen molar-refractivity contribution >= 4 is 22.2 Å². The Hall–Kier alpha value is -2.33. The Balaban J connectivity index is 1.61. The van der Waals surface area contributed by atoms with Gasteiger partial charge in [-0.15, -0.1) is 0 Å². The molecule has 0 radical (unpaired) electrons. The molecule has 1 aliphatic heterocycles. The van der Waals surface area contributed by atoms with Crippen LogP contribution < -0.4 is 0 Å². The predicted octanol–water partition coefficient (Wildman–Crippen LogP) is 4.28. The van der Waals surface area contributed by atoms with E-state index in [1.165, 1.54) is 11.1 Å². The predicted molar refractivity (Wildman–Crippen MR) is 133 cm³/mol. The van der Waals surface area contributed by atoms with E-state index in [9.17, 15) is 8.42 Å². The summed E-state index contributed by atoms with van der Waals surface area (Å²) in [4.78, 5) is 2.47. The molecule has 0 atom stereocenters. The highest BCUT2D eigenvalue weighted by atomic mass is 32.2. The first-order valence-electron chi connectivity index (χ1n) is 11.3. The highest BCUT2D eigenvalue weighted by Crippen LogP contribution is 2.26. The van der Waals surface area contributed by atoms with Crippen molar-refractivity contribution in [1.82, 2.24) is 23.6 Å². The van der Waals surface area contributed by atoms with Crippen LogP contribution in [0.4, 0.5) is 0 Å². The number of aromatic nitrogens is 3. The van der Waals surface area contributed by atoms with Gasteiger partial charge in [-0.2, -0.15) is 9.40 Å². The summed E-state index contributed by atoms with van der Waals surface area (Å²) in [5.74, 6) is 0.685. The fourth-order valence-corrected chi connectivity index (χ4v) is 6.07. The number of rotatable bonds is 8. The standard InChI is InChI=1S/C24H31N5O2S2/c1-4-28-23(21-8-7-9-22(16-21)33(30,31)27-14-5-6-15-27)25-29(24(28)32)18-26(3)17-20-12-10-19(2)11-13-20/h7-13,16H,4-6,14-15,17-18H2,1-3H3. The van der Waals surface area contributed by atoms with Gasteiger partial charge in [-0.05, 0) is 63.7 Å². The fraction of sp³-hybridized carbons (Fsp3) is 0.417. The summed E-state index contributed by atoms with van der Waals surface area (Å²) in [6, 6.07) is 15.5. The topological polar surface area (TPSA) is 63.4 Å². The van der Waals surface area contributed by atoms with E-state index in [2.05, 4.69) is 36.1 Å². The quantitative estimate of drug-likeness (QED) is 0.446. The summed E-state index contributed by atoms with van der Waals surface area (Å²) in [6.45, 7) is 7.24. The maximum absolute atomic E-state index is 13.1. The van der Waals surface area contributed by atoms with E-state index < -0.39 is 10.0 Å². The zero-order chi connectivity index (χ0) is 23.6. The molecule has 1 fully saturated rings. The SMILES string of the molecule is CCn1c(-c2cccc(S(=O)(=O)N3CCCC3)c2)nn(CN(C)Cc2ccc(C)cc2)c1=S. The number of sulfonamides is 1. The van der Waals surface area contributed by atoms with Crippen LogP contribution in [-0.2, 0) is 29.8 Å². The van der Waals surface area contributed by atoms with E-state index in [1.807, 2.05) is 29.3 Å². The molecule has 0 bridgehead atoms. The summed E-state index contributed by atoms with van der Waals surface area (Å²) in [5.41, 5.74) is 3.22. The van der Waals surface area contributed by atoms with Gasteiger partial charge in [-0.25, -0.2) is 13.1 Å². The molecule has 1 aromatic heterocycles. The molecule has 0 spiro atoms. The third-order valence-corrected chi connectivity index (χ3v) is 8.31. The number of hydrogen-bond acceptors (Lipinski definition) is 5. The van der Waals surface area contributed by atoms with Crippen molar-refractivity contribution in [2.45, 2.75) is 51.3 Å². The van der Waals surface area contributed by atoms with E-state index in [0.717, 1.165) is 24.9 Å². The van der Waals surface area contributed by atoms with Crippen molar-refractivity contribution in [2.24, 2.45) is 0 Å². The van der Waals surface area contributed by atoms with E-state index in [4.69, 9.17) is 17.3 Å². The van der Waals surface area contributed by atoms with Crippen LogP contribution in [0.1, 0.15) is 30.9 Å². The molecule has 3 aromatic rings. The minimum absolute atomic E-state index is 0.307. The lowest BCUT2D eigenvalue weighted by molar-refractivity contribution is 0.244. The molecule has 33 heavy (non-hydrogen) atoms. The minimum atomic E-state index is -3.49. The maximum Gasteiger partial charge on any atom is 0.243 e. The van der Waals surface area contributed by atoms with Crippen molar-refractivity contribution in [1.29, 1.82) is 0 Å². The molecule has 176 valence electrons. The molecule has 9 heteroatoms. The first kappa shape index (κ1) is 23.8. The summed E-state index contributed by atoms with van der Waals surface area (Å²) in [6.07, 6.45) is 1.82. The van der Waals surface area contributed by atoms with Crippen LogP contribution in [0, 0.1) is 11.7 Å². The van der Waals surface area contributed by atoms with Crippen LogP contribution in [0.3, 0.4) is 0 Å². The smallest absolute Gasteiger partial charge is 0.243 e. The van der Waals surface area contributed by atoms with Gasteiger partial charge in [-0.1, -0.05) is 42.0 Å². The third-order valence-electron chi connectivity index (χ3n) is 5.98. The molecule has 0 aliphatic carbocycles. The number of aryl methyl sites for hydroxylation is 1. The summed E-state index contributed by atoms with van der Waals surface area (Å²) in [5, 5.41) is 4.79. The van der Waals surface area contributed by atoms with Gasteiger partial charge in [0, 0.05) is 31.7 Å². The van der Waals surface area contributed by atoms with Crippen molar-refractivity contribution in [3.05, 3.63) is 64.4 Å². The lowest BCUT2D eigenvalue weighted by Gasteiger charge is -2.16. The van der Waals surface area contributed by atoms with Gasteiger partial charge in [0.25, 0.3) is 0 Å². The van der Waals surface area contributed by atoms with Crippen molar-refractivity contribution < 1.29 is 8.42 Å². The average Bonchev–Trinajstić information content (AvgIpc) is 3.45. The molecule has 1 saturated heterocycles. The van der Waals surface area contributed by atoms with Gasteiger partial charge in [-0.3, -0.25) is 4.90 Å². The largest absolute Gasteiger partial charge is 0.300 e. The zero-order valence-corrected chi connectivity index (χ0v) is 21.1. The van der Waals surface area contributed by atoms with Gasteiger partial charge in [0.05, 0.1) is 11.6 Å². The van der Waals surface area contributed by atoms with Crippen molar-refractivity contribution in [3.63, 3.8) is 0 Å². The van der Waals surface area contributed by atoms with Gasteiger partial charge in [0.1, 0.15) is 0 Å². The van der Waals surface area contributed by atoms with Crippen LogP contribution >= 0.6 is 12.2 Å². The molecule has 2 aromatic carbocycles. The molecule has 2 heterocycles. The van der Waals surface area contributed by atoms with Crippen LogP contribution in [0.15, 0.2) is 53.4 Å². The Morgan fingerprint density at radius 2 is 1.79 bits per heavy atom. The normalized spacial score (nSPS) is 14.9. The van der Waals surface area contributed by atoms with Crippen LogP contribution in [-0.4, -0.2) is 52.1 Å². The van der Waals surface area contributed by atoms with Gasteiger partial charge in [0.2, 0.25) is 10.0 Å². The number of hydrogen-bond donors (Lipinski definition) is 0. The first-order valence-corrected chi connectivity index (χ1v) is 13.2. The average molecular weight is 486 g/mol. The summed E-state index contributed by atoms with van der Waals surface area (Å²) in [7, 11) is -1.46. The fourth-order valence-electron chi connectivity index (χ4n) is 4.19. The second kappa shape index (κ2) is 9.89.